The third-order valence-corrected chi connectivity index (χ3v) is 6.25. The van der Waals surface area contributed by atoms with Gasteiger partial charge in [0.05, 0.1) is 0 Å². The van der Waals surface area contributed by atoms with Crippen LogP contribution in [0.15, 0.2) is 46.9 Å². The molecule has 0 heterocycles. The van der Waals surface area contributed by atoms with Gasteiger partial charge in [-0.15, -0.1) is 0 Å². The Kier molecular flexibility index (Phi) is 27.5. The van der Waals surface area contributed by atoms with Gasteiger partial charge in [0.1, 0.15) is 0 Å². The number of halogens is 1. The molecule has 2 rings (SSSR count). The quantitative estimate of drug-likeness (QED) is 0.301. The van der Waals surface area contributed by atoms with Crippen LogP contribution in [0.3, 0.4) is 0 Å². The van der Waals surface area contributed by atoms with E-state index in [1.54, 1.807) is 0 Å². The maximum atomic E-state index is 3.69. The third-order valence-electron chi connectivity index (χ3n) is 5.86. The van der Waals surface area contributed by atoms with E-state index in [1.807, 2.05) is 41.5 Å². The van der Waals surface area contributed by atoms with Gasteiger partial charge in [-0.2, -0.15) is 0 Å². The molecule has 208 valence electrons. The van der Waals surface area contributed by atoms with E-state index in [4.69, 9.17) is 0 Å². The van der Waals surface area contributed by atoms with E-state index in [0.717, 1.165) is 18.3 Å². The van der Waals surface area contributed by atoms with Crippen molar-refractivity contribution in [1.29, 1.82) is 0 Å². The fourth-order valence-corrected chi connectivity index (χ4v) is 4.51. The van der Waals surface area contributed by atoms with E-state index < -0.39 is 0 Å². The molecular formula is C35H61Br. The van der Waals surface area contributed by atoms with Gasteiger partial charge in [-0.1, -0.05) is 171 Å². The molecule has 0 aliphatic rings. The normalized spacial score (nSPS) is 10.5. The molecule has 0 aromatic heterocycles. The zero-order valence-electron chi connectivity index (χ0n) is 26.6. The summed E-state index contributed by atoms with van der Waals surface area (Å²) in [5.74, 6) is 1.87. The van der Waals surface area contributed by atoms with Crippen LogP contribution in [0.4, 0.5) is 0 Å². The molecule has 0 atom stereocenters. The summed E-state index contributed by atoms with van der Waals surface area (Å²) < 4.78 is 1.18. The van der Waals surface area contributed by atoms with Crippen molar-refractivity contribution in [3.05, 3.63) is 74.8 Å². The van der Waals surface area contributed by atoms with Gasteiger partial charge in [0.2, 0.25) is 0 Å². The van der Waals surface area contributed by atoms with E-state index >= 15 is 0 Å². The Bertz CT molecular complexity index is 771. The Morgan fingerprint density at radius 1 is 0.722 bits per heavy atom. The molecule has 0 radical (unpaired) electrons. The molecule has 0 aliphatic carbocycles. The first-order chi connectivity index (χ1) is 17.2. The summed E-state index contributed by atoms with van der Waals surface area (Å²) >= 11 is 3.69. The Morgan fingerprint density at radius 2 is 1.17 bits per heavy atom. The zero-order chi connectivity index (χ0) is 28.7. The third kappa shape index (κ3) is 15.7. The molecule has 1 heteroatoms. The van der Waals surface area contributed by atoms with E-state index in [9.17, 15) is 0 Å². The van der Waals surface area contributed by atoms with Crippen LogP contribution in [0.1, 0.15) is 137 Å². The highest BCUT2D eigenvalue weighted by molar-refractivity contribution is 9.11. The van der Waals surface area contributed by atoms with Crippen LogP contribution in [0, 0.1) is 25.7 Å². The predicted octanol–water partition coefficient (Wildman–Crippen LogP) is 13.0. The number of hydrogen-bond donors (Lipinski definition) is 0. The van der Waals surface area contributed by atoms with Gasteiger partial charge in [0.25, 0.3) is 0 Å². The molecule has 0 spiro atoms. The molecule has 0 nitrogen and oxygen atoms in total. The van der Waals surface area contributed by atoms with Crippen molar-refractivity contribution in [2.45, 2.75) is 129 Å². The van der Waals surface area contributed by atoms with Crippen LogP contribution in [0.5, 0.6) is 0 Å². The first-order valence-corrected chi connectivity index (χ1v) is 15.6. The van der Waals surface area contributed by atoms with Crippen molar-refractivity contribution in [3.63, 3.8) is 0 Å². The highest BCUT2D eigenvalue weighted by Gasteiger charge is 2.12. The Balaban J connectivity index is -0.000000576. The van der Waals surface area contributed by atoms with E-state index in [-0.39, 0.29) is 0 Å². The molecule has 0 saturated carbocycles. The summed E-state index contributed by atoms with van der Waals surface area (Å²) in [5, 5.41) is 0. The summed E-state index contributed by atoms with van der Waals surface area (Å²) in [6.07, 6.45) is 6.59. The van der Waals surface area contributed by atoms with Gasteiger partial charge in [-0.3, -0.25) is 0 Å². The lowest BCUT2D eigenvalue weighted by atomic mass is 9.88. The van der Waals surface area contributed by atoms with Crippen LogP contribution in [0.2, 0.25) is 0 Å². The van der Waals surface area contributed by atoms with Crippen molar-refractivity contribution in [1.82, 2.24) is 0 Å². The average Bonchev–Trinajstić information content (AvgIpc) is 2.89. The number of rotatable bonds is 8. The highest BCUT2D eigenvalue weighted by atomic mass is 79.9. The Hall–Kier alpha value is -1.34. The minimum atomic E-state index is 0.889. The number of allylic oxidation sites excluding steroid dienone is 1. The highest BCUT2D eigenvalue weighted by Crippen LogP contribution is 2.32. The maximum Gasteiger partial charge on any atom is 0.000410 e. The molecular weight excluding hydrogens is 500 g/mol. The summed E-state index contributed by atoms with van der Waals surface area (Å²) in [7, 11) is 0. The Morgan fingerprint density at radius 3 is 1.53 bits per heavy atom. The largest absolute Gasteiger partial charge is 0.0683 e. The summed E-state index contributed by atoms with van der Waals surface area (Å²) in [4.78, 5) is 0. The molecule has 0 saturated heterocycles. The summed E-state index contributed by atoms with van der Waals surface area (Å²) in [5.41, 5.74) is 7.90. The maximum absolute atomic E-state index is 3.69. The van der Waals surface area contributed by atoms with E-state index in [0.29, 0.717) is 0 Å². The first kappa shape index (κ1) is 39.2. The fourth-order valence-electron chi connectivity index (χ4n) is 4.07. The molecule has 2 aromatic carbocycles. The SMILES string of the molecule is CC.CC.CC.CCCC(CCC)C(C)C.CCc1cc(C)ccc1/C(=C(\C)Br)c1ccc(C)cc1. The van der Waals surface area contributed by atoms with Gasteiger partial charge in [0.15, 0.2) is 0 Å². The second-order valence-electron chi connectivity index (χ2n) is 8.87. The molecule has 0 bridgehead atoms. The molecule has 2 aromatic rings. The molecule has 0 unspecified atom stereocenters. The predicted molar refractivity (Wildman–Crippen MR) is 175 cm³/mol. The van der Waals surface area contributed by atoms with Gasteiger partial charge < -0.3 is 0 Å². The summed E-state index contributed by atoms with van der Waals surface area (Å²) in [6, 6.07) is 15.5. The van der Waals surface area contributed by atoms with E-state index in [2.05, 4.69) is 114 Å². The van der Waals surface area contributed by atoms with Crippen molar-refractivity contribution in [3.8, 4) is 0 Å². The summed E-state index contributed by atoms with van der Waals surface area (Å²) in [6.45, 7) is 29.9. The molecule has 36 heavy (non-hydrogen) atoms. The van der Waals surface area contributed by atoms with Crippen LogP contribution in [-0.2, 0) is 6.42 Å². The lowest BCUT2D eigenvalue weighted by molar-refractivity contribution is 0.331. The zero-order valence-corrected chi connectivity index (χ0v) is 28.2. The minimum absolute atomic E-state index is 0.889. The lowest BCUT2D eigenvalue weighted by Crippen LogP contribution is -2.07. The molecule has 0 aliphatic heterocycles. The second kappa shape index (κ2) is 25.3. The van der Waals surface area contributed by atoms with Crippen LogP contribution >= 0.6 is 15.9 Å². The Labute approximate surface area is 236 Å². The second-order valence-corrected chi connectivity index (χ2v) is 10.1. The topological polar surface area (TPSA) is 0 Å². The van der Waals surface area contributed by atoms with Crippen molar-refractivity contribution < 1.29 is 0 Å². The number of benzene rings is 2. The van der Waals surface area contributed by atoms with Crippen molar-refractivity contribution in [2.24, 2.45) is 11.8 Å². The standard InChI is InChI=1S/C19H21Br.C10H22.3C2H6/c1-5-16-12-14(3)8-11-18(16)19(15(4)20)17-9-6-13(2)7-10-17;1-5-7-10(8-6-2)9(3)4;3*1-2/h6-12H,5H2,1-4H3;9-10H,5-8H2,1-4H3;3*1-2H3/b19-15+;;;;. The molecule has 0 N–H and O–H groups in total. The first-order valence-electron chi connectivity index (χ1n) is 14.8. The van der Waals surface area contributed by atoms with Gasteiger partial charge in [-0.25, -0.2) is 0 Å². The average molecular weight is 562 g/mol. The molecule has 0 amide bonds. The fraction of sp³-hybridized carbons (Fsp3) is 0.600. The lowest BCUT2D eigenvalue weighted by Gasteiger charge is -2.18. The van der Waals surface area contributed by atoms with Gasteiger partial charge in [-0.05, 0) is 61.3 Å². The molecule has 0 fully saturated rings. The van der Waals surface area contributed by atoms with Gasteiger partial charge >= 0.3 is 0 Å². The number of hydrogen-bond acceptors (Lipinski definition) is 0. The van der Waals surface area contributed by atoms with Crippen LogP contribution in [-0.4, -0.2) is 0 Å². The smallest absolute Gasteiger partial charge is 0.000410 e. The van der Waals surface area contributed by atoms with E-state index in [1.165, 1.54) is 63.6 Å². The van der Waals surface area contributed by atoms with Crippen molar-refractivity contribution in [2.75, 3.05) is 0 Å². The van der Waals surface area contributed by atoms with Crippen LogP contribution < -0.4 is 0 Å². The number of aryl methyl sites for hydroxylation is 3. The minimum Gasteiger partial charge on any atom is -0.0683 e. The van der Waals surface area contributed by atoms with Crippen molar-refractivity contribution >= 4 is 21.5 Å². The van der Waals surface area contributed by atoms with Crippen LogP contribution in [0.25, 0.3) is 5.57 Å². The van der Waals surface area contributed by atoms with Gasteiger partial charge in [0, 0.05) is 4.48 Å². The monoisotopic (exact) mass is 560 g/mol.